The molecule has 0 aliphatic rings. The van der Waals surface area contributed by atoms with Crippen molar-refractivity contribution in [2.24, 2.45) is 0 Å². The smallest absolute Gasteiger partial charge is 0.246 e. The molecule has 0 spiro atoms. The number of nitrogens with one attached hydrogen (secondary N) is 2. The highest BCUT2D eigenvalue weighted by Crippen LogP contribution is 2.23. The number of rotatable bonds is 5. The number of amides is 1. The fourth-order valence-electron chi connectivity index (χ4n) is 2.02. The Morgan fingerprint density at radius 2 is 1.67 bits per heavy atom. The summed E-state index contributed by atoms with van der Waals surface area (Å²) < 4.78 is 5.23. The van der Waals surface area contributed by atoms with Gasteiger partial charge in [0.2, 0.25) is 5.91 Å². The molecule has 2 N–H and O–H groups in total. The zero-order chi connectivity index (χ0) is 15.2. The van der Waals surface area contributed by atoms with Gasteiger partial charge in [0.25, 0.3) is 0 Å². The predicted molar refractivity (Wildman–Crippen MR) is 85.9 cm³/mol. The van der Waals surface area contributed by atoms with Crippen LogP contribution in [0.4, 0.5) is 11.4 Å². The molecule has 2 aromatic carbocycles. The third-order valence-corrected chi connectivity index (χ3v) is 3.28. The van der Waals surface area contributed by atoms with Crippen molar-refractivity contribution in [1.82, 2.24) is 0 Å². The number of carbonyl (C=O) groups excluding carboxylic acids is 1. The summed E-state index contributed by atoms with van der Waals surface area (Å²) in [6.07, 6.45) is 0. The van der Waals surface area contributed by atoms with E-state index in [9.17, 15) is 4.79 Å². The Bertz CT molecular complexity index is 626. The summed E-state index contributed by atoms with van der Waals surface area (Å²) in [6, 6.07) is 14.9. The van der Waals surface area contributed by atoms with E-state index in [4.69, 9.17) is 4.74 Å². The summed E-state index contributed by atoms with van der Waals surface area (Å²) in [7, 11) is 1.58. The standard InChI is InChI=1S/C17H20N2O2/c1-12-8-4-5-9-14(12)18-13(2)17(20)19-15-10-6-7-11-16(15)21-3/h4-11,13,18H,1-3H3,(H,19,20). The lowest BCUT2D eigenvalue weighted by Gasteiger charge is -2.17. The number of aryl methyl sites for hydroxylation is 1. The molecule has 0 fully saturated rings. The molecule has 0 aliphatic heterocycles. The van der Waals surface area contributed by atoms with Gasteiger partial charge in [-0.2, -0.15) is 0 Å². The lowest BCUT2D eigenvalue weighted by molar-refractivity contribution is -0.116. The van der Waals surface area contributed by atoms with Crippen LogP contribution in [0.5, 0.6) is 5.75 Å². The molecule has 0 radical (unpaired) electrons. The zero-order valence-corrected chi connectivity index (χ0v) is 12.5. The molecule has 1 amide bonds. The quantitative estimate of drug-likeness (QED) is 0.884. The molecule has 2 aromatic rings. The molecular weight excluding hydrogens is 264 g/mol. The highest BCUT2D eigenvalue weighted by Gasteiger charge is 2.15. The molecule has 0 bridgehead atoms. The molecule has 1 atom stereocenters. The Hall–Kier alpha value is -2.49. The van der Waals surface area contributed by atoms with Crippen LogP contribution in [-0.2, 0) is 4.79 Å². The minimum atomic E-state index is -0.351. The van der Waals surface area contributed by atoms with Gasteiger partial charge in [-0.25, -0.2) is 0 Å². The minimum Gasteiger partial charge on any atom is -0.495 e. The van der Waals surface area contributed by atoms with E-state index in [1.54, 1.807) is 7.11 Å². The van der Waals surface area contributed by atoms with E-state index in [0.29, 0.717) is 11.4 Å². The fraction of sp³-hybridized carbons (Fsp3) is 0.235. The summed E-state index contributed by atoms with van der Waals surface area (Å²) in [5.74, 6) is 0.539. The van der Waals surface area contributed by atoms with Crippen molar-refractivity contribution < 1.29 is 9.53 Å². The van der Waals surface area contributed by atoms with Gasteiger partial charge in [-0.1, -0.05) is 30.3 Å². The van der Waals surface area contributed by atoms with E-state index < -0.39 is 0 Å². The second-order valence-corrected chi connectivity index (χ2v) is 4.87. The molecule has 0 saturated carbocycles. The van der Waals surface area contributed by atoms with Crippen molar-refractivity contribution in [2.45, 2.75) is 19.9 Å². The van der Waals surface area contributed by atoms with Crippen LogP contribution in [0.25, 0.3) is 0 Å². The summed E-state index contributed by atoms with van der Waals surface area (Å²) in [4.78, 5) is 12.3. The SMILES string of the molecule is COc1ccccc1NC(=O)C(C)Nc1ccccc1C. The molecule has 4 nitrogen and oxygen atoms in total. The lowest BCUT2D eigenvalue weighted by atomic mass is 10.2. The van der Waals surface area contributed by atoms with Crippen molar-refractivity contribution in [3.8, 4) is 5.75 Å². The average molecular weight is 284 g/mol. The predicted octanol–water partition coefficient (Wildman–Crippen LogP) is 3.44. The van der Waals surface area contributed by atoms with E-state index in [2.05, 4.69) is 10.6 Å². The number of benzene rings is 2. The van der Waals surface area contributed by atoms with Crippen LogP contribution < -0.4 is 15.4 Å². The Labute approximate surface area is 125 Å². The van der Waals surface area contributed by atoms with Gasteiger partial charge in [0, 0.05) is 5.69 Å². The molecule has 0 aromatic heterocycles. The number of para-hydroxylation sites is 3. The number of hydrogen-bond acceptors (Lipinski definition) is 3. The fourth-order valence-corrected chi connectivity index (χ4v) is 2.02. The van der Waals surface area contributed by atoms with Crippen molar-refractivity contribution in [1.29, 1.82) is 0 Å². The van der Waals surface area contributed by atoms with Gasteiger partial charge in [0.15, 0.2) is 0 Å². The summed E-state index contributed by atoms with van der Waals surface area (Å²) in [6.45, 7) is 3.84. The summed E-state index contributed by atoms with van der Waals surface area (Å²) in [5, 5.41) is 6.09. The molecule has 4 heteroatoms. The van der Waals surface area contributed by atoms with E-state index in [0.717, 1.165) is 11.3 Å². The Balaban J connectivity index is 2.05. The monoisotopic (exact) mass is 284 g/mol. The number of ether oxygens (including phenoxy) is 1. The molecule has 0 aliphatic carbocycles. The molecule has 110 valence electrons. The Morgan fingerprint density at radius 1 is 1.05 bits per heavy atom. The number of methoxy groups -OCH3 is 1. The largest absolute Gasteiger partial charge is 0.495 e. The van der Waals surface area contributed by atoms with Crippen LogP contribution >= 0.6 is 0 Å². The first-order valence-corrected chi connectivity index (χ1v) is 6.88. The Kier molecular flexibility index (Phi) is 4.82. The third kappa shape index (κ3) is 3.75. The van der Waals surface area contributed by atoms with Crippen molar-refractivity contribution in [2.75, 3.05) is 17.7 Å². The van der Waals surface area contributed by atoms with Gasteiger partial charge < -0.3 is 15.4 Å². The first-order valence-electron chi connectivity index (χ1n) is 6.88. The van der Waals surface area contributed by atoms with Gasteiger partial charge >= 0.3 is 0 Å². The molecule has 1 unspecified atom stereocenters. The van der Waals surface area contributed by atoms with Crippen LogP contribution in [0.15, 0.2) is 48.5 Å². The molecule has 21 heavy (non-hydrogen) atoms. The van der Waals surface area contributed by atoms with Gasteiger partial charge in [0.1, 0.15) is 11.8 Å². The van der Waals surface area contributed by atoms with E-state index >= 15 is 0 Å². The van der Waals surface area contributed by atoms with Crippen LogP contribution in [0.2, 0.25) is 0 Å². The maximum absolute atomic E-state index is 12.3. The molecule has 0 saturated heterocycles. The highest BCUT2D eigenvalue weighted by atomic mass is 16.5. The van der Waals surface area contributed by atoms with E-state index in [1.165, 1.54) is 0 Å². The van der Waals surface area contributed by atoms with Gasteiger partial charge in [0.05, 0.1) is 12.8 Å². The third-order valence-electron chi connectivity index (χ3n) is 3.28. The normalized spacial score (nSPS) is 11.6. The minimum absolute atomic E-state index is 0.109. The zero-order valence-electron chi connectivity index (χ0n) is 12.5. The number of hydrogen-bond donors (Lipinski definition) is 2. The number of anilines is 2. The van der Waals surface area contributed by atoms with E-state index in [-0.39, 0.29) is 11.9 Å². The maximum Gasteiger partial charge on any atom is 0.246 e. The second-order valence-electron chi connectivity index (χ2n) is 4.87. The Morgan fingerprint density at radius 3 is 2.33 bits per heavy atom. The number of carbonyl (C=O) groups is 1. The van der Waals surface area contributed by atoms with Gasteiger partial charge in [-0.3, -0.25) is 4.79 Å². The molecule has 2 rings (SSSR count). The van der Waals surface area contributed by atoms with E-state index in [1.807, 2.05) is 62.4 Å². The van der Waals surface area contributed by atoms with Crippen LogP contribution in [0.1, 0.15) is 12.5 Å². The molecule has 0 heterocycles. The topological polar surface area (TPSA) is 50.4 Å². The lowest BCUT2D eigenvalue weighted by Crippen LogP contribution is -2.32. The van der Waals surface area contributed by atoms with Crippen molar-refractivity contribution in [3.63, 3.8) is 0 Å². The van der Waals surface area contributed by atoms with Crippen LogP contribution in [0.3, 0.4) is 0 Å². The second kappa shape index (κ2) is 6.79. The molecular formula is C17H20N2O2. The highest BCUT2D eigenvalue weighted by molar-refractivity contribution is 5.97. The van der Waals surface area contributed by atoms with Gasteiger partial charge in [-0.05, 0) is 37.6 Å². The summed E-state index contributed by atoms with van der Waals surface area (Å²) in [5.41, 5.74) is 2.73. The van der Waals surface area contributed by atoms with Crippen molar-refractivity contribution in [3.05, 3.63) is 54.1 Å². The van der Waals surface area contributed by atoms with Crippen LogP contribution in [-0.4, -0.2) is 19.1 Å². The van der Waals surface area contributed by atoms with Gasteiger partial charge in [-0.15, -0.1) is 0 Å². The average Bonchev–Trinajstić information content (AvgIpc) is 2.50. The first-order chi connectivity index (χ1) is 10.1. The first kappa shape index (κ1) is 14.9. The van der Waals surface area contributed by atoms with Crippen molar-refractivity contribution >= 4 is 17.3 Å². The van der Waals surface area contributed by atoms with Crippen LogP contribution in [0, 0.1) is 6.92 Å². The summed E-state index contributed by atoms with van der Waals surface area (Å²) >= 11 is 0. The maximum atomic E-state index is 12.3.